The molecule has 2 fully saturated rings. The molecule has 2 aromatic heterocycles. The van der Waals surface area contributed by atoms with Crippen LogP contribution in [0.3, 0.4) is 0 Å². The molecule has 4 rings (SSSR count). The number of fused-ring (bicyclic) bond motifs is 2. The van der Waals surface area contributed by atoms with E-state index < -0.39 is 32.4 Å². The third kappa shape index (κ3) is 2.40. The van der Waals surface area contributed by atoms with Gasteiger partial charge >= 0.3 is 7.82 Å². The van der Waals surface area contributed by atoms with Crippen LogP contribution in [0.1, 0.15) is 6.23 Å². The van der Waals surface area contributed by atoms with Gasteiger partial charge in [0.05, 0.1) is 12.0 Å². The minimum atomic E-state index is -4.17. The quantitative estimate of drug-likeness (QED) is 0.578. The van der Waals surface area contributed by atoms with E-state index in [4.69, 9.17) is 19.5 Å². The van der Waals surface area contributed by atoms with Crippen molar-refractivity contribution in [3.8, 4) is 0 Å². The second-order valence-electron chi connectivity index (χ2n) is 5.23. The number of nitrogens with zero attached hydrogens (tertiary/aromatic N) is 3. The third-order valence-electron chi connectivity index (χ3n) is 3.83. The highest BCUT2D eigenvalue weighted by Crippen LogP contribution is 2.52. The summed E-state index contributed by atoms with van der Waals surface area (Å²) in [6.45, 7) is -0.149. The number of hydrogen-bond acceptors (Lipinski definition) is 8. The van der Waals surface area contributed by atoms with Crippen LogP contribution in [0.4, 0.5) is 5.82 Å². The van der Waals surface area contributed by atoms with Gasteiger partial charge < -0.3 is 25.0 Å². The van der Waals surface area contributed by atoms with E-state index in [2.05, 4.69) is 25.9 Å². The lowest BCUT2D eigenvalue weighted by molar-refractivity contribution is -0.0663. The van der Waals surface area contributed by atoms with Crippen molar-refractivity contribution in [1.82, 2.24) is 14.5 Å². The average Bonchev–Trinajstić information content (AvgIpc) is 2.98. The van der Waals surface area contributed by atoms with Crippen molar-refractivity contribution >= 4 is 40.6 Å². The zero-order chi connectivity index (χ0) is 16.4. The first-order valence-corrected chi connectivity index (χ1v) is 8.92. The predicted molar refractivity (Wildman–Crippen MR) is 80.2 cm³/mol. The number of halogens is 1. The Labute approximate surface area is 137 Å². The molecular formula is C11H12BrN4O6P. The van der Waals surface area contributed by atoms with Crippen molar-refractivity contribution in [1.29, 1.82) is 0 Å². The van der Waals surface area contributed by atoms with Gasteiger partial charge in [0.2, 0.25) is 0 Å². The van der Waals surface area contributed by atoms with Gasteiger partial charge in [-0.1, -0.05) is 0 Å². The minimum absolute atomic E-state index is 0.149. The molecule has 2 aromatic rings. The maximum Gasteiger partial charge on any atom is 0.472 e. The molecule has 10 nitrogen and oxygen atoms in total. The SMILES string of the molecule is Nc1ncnc2c1c(Br)cn2[C@@H]1O[C@@H]2COP(=O)(O)O[C@H]2[C@H]1O. The number of phosphoric ester groups is 1. The van der Waals surface area contributed by atoms with Crippen LogP contribution in [-0.2, 0) is 18.3 Å². The summed E-state index contributed by atoms with van der Waals surface area (Å²) in [6, 6.07) is 0. The Morgan fingerprint density at radius 3 is 3.04 bits per heavy atom. The predicted octanol–water partition coefficient (Wildman–Crippen LogP) is 0.550. The summed E-state index contributed by atoms with van der Waals surface area (Å²) < 4.78 is 29.1. The van der Waals surface area contributed by atoms with Gasteiger partial charge in [0, 0.05) is 10.7 Å². The molecular weight excluding hydrogens is 395 g/mol. The van der Waals surface area contributed by atoms with Crippen molar-refractivity contribution < 1.29 is 28.3 Å². The summed E-state index contributed by atoms with van der Waals surface area (Å²) in [6.07, 6.45) is -0.728. The van der Waals surface area contributed by atoms with Gasteiger partial charge in [-0.25, -0.2) is 14.5 Å². The first-order valence-electron chi connectivity index (χ1n) is 6.63. The summed E-state index contributed by atoms with van der Waals surface area (Å²) in [5.74, 6) is 0.282. The lowest BCUT2D eigenvalue weighted by Gasteiger charge is -2.27. The lowest BCUT2D eigenvalue weighted by Crippen LogP contribution is -2.39. The highest BCUT2D eigenvalue weighted by atomic mass is 79.9. The van der Waals surface area contributed by atoms with Gasteiger partial charge in [-0.05, 0) is 15.9 Å². The molecule has 124 valence electrons. The number of aliphatic hydroxyl groups excluding tert-OH is 1. The van der Waals surface area contributed by atoms with Crippen molar-refractivity contribution in [3.63, 3.8) is 0 Å². The van der Waals surface area contributed by atoms with Crippen molar-refractivity contribution in [2.24, 2.45) is 0 Å². The number of anilines is 1. The second kappa shape index (κ2) is 5.21. The number of ether oxygens (including phenoxy) is 1. The highest BCUT2D eigenvalue weighted by Gasteiger charge is 2.52. The van der Waals surface area contributed by atoms with E-state index in [-0.39, 0.29) is 12.4 Å². The fourth-order valence-electron chi connectivity index (χ4n) is 2.82. The Kier molecular flexibility index (Phi) is 3.50. The van der Waals surface area contributed by atoms with Crippen LogP contribution >= 0.6 is 23.8 Å². The van der Waals surface area contributed by atoms with Gasteiger partial charge in [0.1, 0.15) is 36.1 Å². The maximum absolute atomic E-state index is 11.5. The molecule has 2 aliphatic rings. The molecule has 1 unspecified atom stereocenters. The summed E-state index contributed by atoms with van der Waals surface area (Å²) >= 11 is 3.37. The van der Waals surface area contributed by atoms with Crippen LogP contribution in [-0.4, -0.2) is 49.5 Å². The molecule has 5 atom stereocenters. The number of phosphoric acid groups is 1. The first kappa shape index (κ1) is 15.5. The maximum atomic E-state index is 11.5. The summed E-state index contributed by atoms with van der Waals surface area (Å²) in [4.78, 5) is 17.5. The normalized spacial score (nSPS) is 37.2. The van der Waals surface area contributed by atoms with Crippen LogP contribution < -0.4 is 5.73 Å². The number of nitrogens with two attached hydrogens (primary N) is 1. The number of nitrogen functional groups attached to an aromatic ring is 1. The van der Waals surface area contributed by atoms with Crippen molar-refractivity contribution in [2.45, 2.75) is 24.5 Å². The molecule has 0 spiro atoms. The second-order valence-corrected chi connectivity index (χ2v) is 7.49. The van der Waals surface area contributed by atoms with Crippen LogP contribution in [0.25, 0.3) is 11.0 Å². The largest absolute Gasteiger partial charge is 0.472 e. The highest BCUT2D eigenvalue weighted by molar-refractivity contribution is 9.10. The summed E-state index contributed by atoms with van der Waals surface area (Å²) in [5, 5.41) is 11.0. The summed E-state index contributed by atoms with van der Waals surface area (Å²) in [5.41, 5.74) is 6.30. The minimum Gasteiger partial charge on any atom is -0.386 e. The molecule has 23 heavy (non-hydrogen) atoms. The van der Waals surface area contributed by atoms with Gasteiger partial charge in [-0.15, -0.1) is 0 Å². The molecule has 4 N–H and O–H groups in total. The molecule has 2 aliphatic heterocycles. The monoisotopic (exact) mass is 406 g/mol. The van der Waals surface area contributed by atoms with E-state index in [1.165, 1.54) is 6.33 Å². The Bertz CT molecular complexity index is 830. The number of rotatable bonds is 1. The van der Waals surface area contributed by atoms with Crippen molar-refractivity contribution in [3.05, 3.63) is 17.0 Å². The lowest BCUT2D eigenvalue weighted by atomic mass is 10.1. The zero-order valence-corrected chi connectivity index (χ0v) is 13.9. The van der Waals surface area contributed by atoms with Crippen LogP contribution in [0, 0.1) is 0 Å². The summed E-state index contributed by atoms with van der Waals surface area (Å²) in [7, 11) is -4.17. The van der Waals surface area contributed by atoms with E-state index in [1.54, 1.807) is 10.8 Å². The zero-order valence-electron chi connectivity index (χ0n) is 11.4. The number of aromatic nitrogens is 3. The molecule has 2 saturated heterocycles. The fourth-order valence-corrected chi connectivity index (χ4v) is 4.39. The molecule has 0 aliphatic carbocycles. The average molecular weight is 407 g/mol. The van der Waals surface area contributed by atoms with Crippen molar-refractivity contribution in [2.75, 3.05) is 12.3 Å². The molecule has 0 saturated carbocycles. The van der Waals surface area contributed by atoms with Gasteiger partial charge in [0.25, 0.3) is 0 Å². The third-order valence-corrected chi connectivity index (χ3v) is 5.42. The molecule has 4 heterocycles. The Morgan fingerprint density at radius 1 is 1.48 bits per heavy atom. The first-order chi connectivity index (χ1) is 10.9. The van der Waals surface area contributed by atoms with E-state index >= 15 is 0 Å². The van der Waals surface area contributed by atoms with Crippen LogP contribution in [0.15, 0.2) is 17.0 Å². The van der Waals surface area contributed by atoms with E-state index in [1.807, 2.05) is 0 Å². The van der Waals surface area contributed by atoms with Gasteiger partial charge in [0.15, 0.2) is 6.23 Å². The standard InChI is InChI=1S/C11H12BrN4O6P/c12-4-1-16(10-6(4)9(13)14-3-15-10)11-7(17)8-5(21-11)2-20-23(18,19)22-8/h1,3,5,7-8,11,17H,2H2,(H,18,19)(H2,13,14,15)/t5-,7-,8-,11-/m1/s1. The molecule has 0 radical (unpaired) electrons. The van der Waals surface area contributed by atoms with Gasteiger partial charge in [-0.2, -0.15) is 0 Å². The van der Waals surface area contributed by atoms with Crippen LogP contribution in [0.2, 0.25) is 0 Å². The number of aliphatic hydroxyl groups is 1. The topological polar surface area (TPSA) is 142 Å². The van der Waals surface area contributed by atoms with E-state index in [0.717, 1.165) is 0 Å². The molecule has 0 amide bonds. The Hall–Kier alpha value is -1.07. The smallest absolute Gasteiger partial charge is 0.386 e. The van der Waals surface area contributed by atoms with Crippen LogP contribution in [0.5, 0.6) is 0 Å². The van der Waals surface area contributed by atoms with E-state index in [0.29, 0.717) is 15.5 Å². The molecule has 0 aromatic carbocycles. The Balaban J connectivity index is 1.75. The molecule has 12 heteroatoms. The fraction of sp³-hybridized carbons (Fsp3) is 0.455. The van der Waals surface area contributed by atoms with Gasteiger partial charge in [-0.3, -0.25) is 9.05 Å². The molecule has 0 bridgehead atoms. The van der Waals surface area contributed by atoms with E-state index in [9.17, 15) is 14.6 Å². The number of hydrogen-bond donors (Lipinski definition) is 3. The Morgan fingerprint density at radius 2 is 2.26 bits per heavy atom.